The van der Waals surface area contributed by atoms with Gasteiger partial charge in [0.1, 0.15) is 5.56 Å². The van der Waals surface area contributed by atoms with Crippen LogP contribution in [-0.4, -0.2) is 46.4 Å². The lowest BCUT2D eigenvalue weighted by Crippen LogP contribution is -2.27. The fourth-order valence-corrected chi connectivity index (χ4v) is 1.03. The van der Waals surface area contributed by atoms with Gasteiger partial charge in [0.05, 0.1) is 6.54 Å². The fourth-order valence-electron chi connectivity index (χ4n) is 1.03. The number of aromatic nitrogens is 2. The molecule has 0 saturated carbocycles. The Morgan fingerprint density at radius 1 is 1.64 bits per heavy atom. The Balaban J connectivity index is 2.80. The molecule has 0 unspecified atom stereocenters. The minimum Gasteiger partial charge on any atom is -0.477 e. The highest BCUT2D eigenvalue weighted by Crippen LogP contribution is 1.89. The maximum Gasteiger partial charge on any atom is 0.342 e. The molecular weight excluding hydrogens is 186 g/mol. The summed E-state index contributed by atoms with van der Waals surface area (Å²) in [7, 11) is 3.76. The van der Waals surface area contributed by atoms with Crippen molar-refractivity contribution in [2.75, 3.05) is 20.6 Å². The summed E-state index contributed by atoms with van der Waals surface area (Å²) in [6, 6.07) is 0. The summed E-state index contributed by atoms with van der Waals surface area (Å²) in [4.78, 5) is 23.8. The van der Waals surface area contributed by atoms with Crippen molar-refractivity contribution in [3.63, 3.8) is 0 Å². The van der Waals surface area contributed by atoms with E-state index < -0.39 is 11.5 Å². The van der Waals surface area contributed by atoms with Crippen molar-refractivity contribution in [2.45, 2.75) is 6.54 Å². The molecule has 6 nitrogen and oxygen atoms in total. The number of nitrogens with zero attached hydrogens (tertiary/aromatic N) is 2. The molecule has 0 fully saturated rings. The molecule has 0 aliphatic carbocycles. The first-order valence-electron chi connectivity index (χ1n) is 4.18. The Morgan fingerprint density at radius 3 is 2.71 bits per heavy atom. The van der Waals surface area contributed by atoms with Crippen molar-refractivity contribution in [2.24, 2.45) is 0 Å². The van der Waals surface area contributed by atoms with Gasteiger partial charge in [-0.05, 0) is 14.1 Å². The molecule has 0 bridgehead atoms. The third-order valence-corrected chi connectivity index (χ3v) is 1.84. The van der Waals surface area contributed by atoms with Crippen LogP contribution in [-0.2, 0) is 6.54 Å². The summed E-state index contributed by atoms with van der Waals surface area (Å²) in [6.45, 7) is 1.14. The van der Waals surface area contributed by atoms with Crippen LogP contribution in [0.15, 0.2) is 11.0 Å². The lowest BCUT2D eigenvalue weighted by molar-refractivity contribution is 0.0695. The van der Waals surface area contributed by atoms with Gasteiger partial charge in [0.25, 0.3) is 5.56 Å². The highest BCUT2D eigenvalue weighted by Gasteiger charge is 2.12. The number of carbonyl (C=O) groups is 1. The topological polar surface area (TPSA) is 78.3 Å². The van der Waals surface area contributed by atoms with Gasteiger partial charge in [0.15, 0.2) is 0 Å². The largest absolute Gasteiger partial charge is 0.477 e. The zero-order valence-electron chi connectivity index (χ0n) is 8.15. The summed E-state index contributed by atoms with van der Waals surface area (Å²) < 4.78 is 1.28. The number of carboxylic acids is 1. The maximum absolute atomic E-state index is 11.4. The van der Waals surface area contributed by atoms with Crippen molar-refractivity contribution in [3.05, 3.63) is 22.1 Å². The van der Waals surface area contributed by atoms with Crippen molar-refractivity contribution in [3.8, 4) is 0 Å². The van der Waals surface area contributed by atoms with Gasteiger partial charge in [-0.15, -0.1) is 0 Å². The van der Waals surface area contributed by atoms with Crippen molar-refractivity contribution < 1.29 is 9.90 Å². The summed E-state index contributed by atoms with van der Waals surface area (Å²) in [5.41, 5.74) is -0.705. The lowest BCUT2D eigenvalue weighted by atomic mass is 10.4. The van der Waals surface area contributed by atoms with Gasteiger partial charge in [0.2, 0.25) is 0 Å². The molecule has 0 aliphatic heterocycles. The average Bonchev–Trinajstić information content (AvgIpc) is 2.43. The van der Waals surface area contributed by atoms with E-state index in [2.05, 4.69) is 5.10 Å². The Labute approximate surface area is 80.7 Å². The van der Waals surface area contributed by atoms with Crippen molar-refractivity contribution >= 4 is 5.97 Å². The maximum atomic E-state index is 11.4. The third-order valence-electron chi connectivity index (χ3n) is 1.84. The molecule has 6 heteroatoms. The highest BCUT2D eigenvalue weighted by atomic mass is 16.4. The molecule has 0 spiro atoms. The summed E-state index contributed by atoms with van der Waals surface area (Å²) in [5, 5.41) is 11.2. The van der Waals surface area contributed by atoms with Crippen LogP contribution < -0.4 is 5.56 Å². The number of hydrogen-bond donors (Lipinski definition) is 2. The zero-order valence-corrected chi connectivity index (χ0v) is 8.15. The van der Waals surface area contributed by atoms with Crippen LogP contribution in [0.5, 0.6) is 0 Å². The molecule has 1 aromatic rings. The van der Waals surface area contributed by atoms with E-state index in [-0.39, 0.29) is 5.56 Å². The molecule has 0 aliphatic rings. The van der Waals surface area contributed by atoms with Crippen molar-refractivity contribution in [1.82, 2.24) is 14.7 Å². The number of H-pyrrole nitrogens is 1. The second-order valence-corrected chi connectivity index (χ2v) is 3.25. The zero-order chi connectivity index (χ0) is 10.7. The smallest absolute Gasteiger partial charge is 0.342 e. The number of nitrogens with one attached hydrogen (secondary N) is 1. The number of carboxylic acid groups (broad SMARTS) is 1. The fraction of sp³-hybridized carbons (Fsp3) is 0.500. The van der Waals surface area contributed by atoms with Gasteiger partial charge < -0.3 is 15.1 Å². The Morgan fingerprint density at radius 2 is 2.29 bits per heavy atom. The monoisotopic (exact) mass is 199 g/mol. The second kappa shape index (κ2) is 4.10. The number of aromatic amines is 1. The minimum atomic E-state index is -1.20. The number of aromatic carboxylic acids is 1. The molecule has 0 saturated heterocycles. The minimum absolute atomic E-state index is 0.219. The molecule has 1 rings (SSSR count). The van der Waals surface area contributed by atoms with E-state index in [9.17, 15) is 9.59 Å². The van der Waals surface area contributed by atoms with E-state index in [1.54, 1.807) is 0 Å². The summed E-state index contributed by atoms with van der Waals surface area (Å²) in [6.07, 6.45) is 1.21. The van der Waals surface area contributed by atoms with Crippen LogP contribution >= 0.6 is 0 Å². The van der Waals surface area contributed by atoms with Crippen LogP contribution in [0, 0.1) is 0 Å². The molecule has 2 N–H and O–H groups in total. The van der Waals surface area contributed by atoms with Gasteiger partial charge in [-0.2, -0.15) is 0 Å². The van der Waals surface area contributed by atoms with E-state index in [4.69, 9.17) is 5.11 Å². The van der Waals surface area contributed by atoms with E-state index in [1.165, 1.54) is 10.9 Å². The average molecular weight is 199 g/mol. The van der Waals surface area contributed by atoms with E-state index in [0.717, 1.165) is 0 Å². The van der Waals surface area contributed by atoms with E-state index in [0.29, 0.717) is 13.1 Å². The van der Waals surface area contributed by atoms with Crippen LogP contribution in [0.2, 0.25) is 0 Å². The molecule has 0 aromatic carbocycles. The summed E-state index contributed by atoms with van der Waals surface area (Å²) in [5.74, 6) is -1.20. The molecule has 0 radical (unpaired) electrons. The number of likely N-dealkylation sites (N-methyl/N-ethyl adjacent to an activating group) is 1. The molecular formula is C8H13N3O3. The van der Waals surface area contributed by atoms with Gasteiger partial charge in [-0.1, -0.05) is 0 Å². The lowest BCUT2D eigenvalue weighted by Gasteiger charge is -2.08. The Bertz CT molecular complexity index is 377. The third kappa shape index (κ3) is 2.23. The number of rotatable bonds is 4. The molecule has 0 amide bonds. The van der Waals surface area contributed by atoms with E-state index in [1.807, 2.05) is 19.0 Å². The molecule has 1 heterocycles. The first-order chi connectivity index (χ1) is 6.52. The molecule has 1 aromatic heterocycles. The van der Waals surface area contributed by atoms with Crippen LogP contribution in [0.4, 0.5) is 0 Å². The molecule has 78 valence electrons. The predicted octanol–water partition coefficient (Wildman–Crippen LogP) is -0.564. The van der Waals surface area contributed by atoms with Gasteiger partial charge >= 0.3 is 5.97 Å². The van der Waals surface area contributed by atoms with Crippen molar-refractivity contribution in [1.29, 1.82) is 0 Å². The summed E-state index contributed by atoms with van der Waals surface area (Å²) >= 11 is 0. The van der Waals surface area contributed by atoms with E-state index >= 15 is 0 Å². The predicted molar refractivity (Wildman–Crippen MR) is 50.6 cm³/mol. The first-order valence-corrected chi connectivity index (χ1v) is 4.18. The van der Waals surface area contributed by atoms with Crippen LogP contribution in [0.1, 0.15) is 10.4 Å². The van der Waals surface area contributed by atoms with Crippen LogP contribution in [0.25, 0.3) is 0 Å². The second-order valence-electron chi connectivity index (χ2n) is 3.25. The highest BCUT2D eigenvalue weighted by molar-refractivity contribution is 5.86. The normalized spacial score (nSPS) is 10.8. The molecule has 14 heavy (non-hydrogen) atoms. The Kier molecular flexibility index (Phi) is 3.08. The number of hydrogen-bond acceptors (Lipinski definition) is 3. The van der Waals surface area contributed by atoms with Gasteiger partial charge in [-0.3, -0.25) is 9.48 Å². The SMILES string of the molecule is CN(C)CCn1[nH]cc(C(=O)O)c1=O. The quantitative estimate of drug-likeness (QED) is 0.681. The van der Waals surface area contributed by atoms with Gasteiger partial charge in [0, 0.05) is 12.7 Å². The Hall–Kier alpha value is -1.56. The standard InChI is InChI=1S/C8H13N3O3/c1-10(2)3-4-11-7(12)6(5-9-11)8(13)14/h5,9H,3-4H2,1-2H3,(H,13,14). The van der Waals surface area contributed by atoms with Gasteiger partial charge in [-0.25, -0.2) is 4.79 Å². The molecule has 0 atom stereocenters. The van der Waals surface area contributed by atoms with Crippen LogP contribution in [0.3, 0.4) is 0 Å². The first kappa shape index (κ1) is 10.5.